The first-order valence-electron chi connectivity index (χ1n) is 3.33. The molecular formula is C7H14O2S. The number of thioether (sulfide) groups is 1. The predicted octanol–water partition coefficient (Wildman–Crippen LogP) is 2.83. The fourth-order valence-corrected chi connectivity index (χ4v) is 1.08. The highest BCUT2D eigenvalue weighted by atomic mass is 32.2. The van der Waals surface area contributed by atoms with Gasteiger partial charge in [0.15, 0.2) is 0 Å². The zero-order chi connectivity index (χ0) is 8.20. The van der Waals surface area contributed by atoms with E-state index >= 15 is 0 Å². The summed E-state index contributed by atoms with van der Waals surface area (Å²) in [6.07, 6.45) is 1.02. The Morgan fingerprint density at radius 1 is 1.60 bits per heavy atom. The summed E-state index contributed by atoms with van der Waals surface area (Å²) in [7, 11) is 0. The molecular weight excluding hydrogens is 148 g/mol. The van der Waals surface area contributed by atoms with Crippen molar-refractivity contribution in [3.63, 3.8) is 0 Å². The quantitative estimate of drug-likeness (QED) is 0.693. The zero-order valence-electron chi connectivity index (χ0n) is 6.68. The molecule has 0 spiro atoms. The number of rotatable bonds is 3. The molecule has 10 heavy (non-hydrogen) atoms. The van der Waals surface area contributed by atoms with Crippen molar-refractivity contribution in [2.45, 2.75) is 27.2 Å². The van der Waals surface area contributed by atoms with Gasteiger partial charge in [0.1, 0.15) is 0 Å². The van der Waals surface area contributed by atoms with Crippen LogP contribution in [-0.4, -0.2) is 16.2 Å². The smallest absolute Gasteiger partial charge is 0.364 e. The van der Waals surface area contributed by atoms with Crippen LogP contribution in [-0.2, 0) is 0 Å². The van der Waals surface area contributed by atoms with E-state index in [-0.39, 0.29) is 5.41 Å². The van der Waals surface area contributed by atoms with Gasteiger partial charge in [-0.1, -0.05) is 27.2 Å². The van der Waals surface area contributed by atoms with Crippen LogP contribution in [0.1, 0.15) is 27.2 Å². The Labute approximate surface area is 66.0 Å². The summed E-state index contributed by atoms with van der Waals surface area (Å²) in [4.78, 5) is 10.1. The van der Waals surface area contributed by atoms with E-state index in [9.17, 15) is 4.79 Å². The lowest BCUT2D eigenvalue weighted by atomic mass is 9.93. The molecule has 0 unspecified atom stereocenters. The molecule has 0 aliphatic carbocycles. The molecule has 3 heteroatoms. The van der Waals surface area contributed by atoms with E-state index in [0.717, 1.165) is 18.2 Å². The fourth-order valence-electron chi connectivity index (χ4n) is 0.359. The van der Waals surface area contributed by atoms with Crippen LogP contribution >= 0.6 is 11.8 Å². The largest absolute Gasteiger partial charge is 0.473 e. The molecule has 0 rings (SSSR count). The van der Waals surface area contributed by atoms with Crippen LogP contribution in [0.25, 0.3) is 0 Å². The van der Waals surface area contributed by atoms with E-state index in [0.29, 0.717) is 5.75 Å². The first kappa shape index (κ1) is 9.82. The van der Waals surface area contributed by atoms with Crippen LogP contribution in [0.2, 0.25) is 0 Å². The highest BCUT2D eigenvalue weighted by Crippen LogP contribution is 2.25. The third-order valence-electron chi connectivity index (χ3n) is 1.54. The molecule has 0 aliphatic rings. The summed E-state index contributed by atoms with van der Waals surface area (Å²) in [6.45, 7) is 6.22. The summed E-state index contributed by atoms with van der Waals surface area (Å²) >= 11 is 0.979. The topological polar surface area (TPSA) is 37.3 Å². The Hall–Kier alpha value is -0.180. The maximum Gasteiger partial charge on any atom is 0.364 e. The van der Waals surface area contributed by atoms with Crippen molar-refractivity contribution in [3.05, 3.63) is 0 Å². The Morgan fingerprint density at radius 2 is 2.10 bits per heavy atom. The molecule has 0 radical (unpaired) electrons. The lowest BCUT2D eigenvalue weighted by molar-refractivity contribution is 0.222. The molecule has 1 N–H and O–H groups in total. The van der Waals surface area contributed by atoms with Crippen LogP contribution in [0.15, 0.2) is 0 Å². The third-order valence-corrected chi connectivity index (χ3v) is 2.72. The first-order chi connectivity index (χ1) is 4.48. The second-order valence-electron chi connectivity index (χ2n) is 3.07. The SMILES string of the molecule is CCC(C)(C)CSC(=O)O. The van der Waals surface area contributed by atoms with Gasteiger partial charge in [-0.3, -0.25) is 0 Å². The van der Waals surface area contributed by atoms with Crippen molar-refractivity contribution >= 4 is 17.1 Å². The fraction of sp³-hybridized carbons (Fsp3) is 0.857. The summed E-state index contributed by atoms with van der Waals surface area (Å²) in [5, 5.41) is 7.56. The van der Waals surface area contributed by atoms with E-state index in [1.807, 2.05) is 0 Å². The third kappa shape index (κ3) is 4.68. The molecule has 0 fully saturated rings. The van der Waals surface area contributed by atoms with E-state index < -0.39 is 5.30 Å². The van der Waals surface area contributed by atoms with Crippen molar-refractivity contribution < 1.29 is 9.90 Å². The zero-order valence-corrected chi connectivity index (χ0v) is 7.49. The molecule has 0 aromatic carbocycles. The van der Waals surface area contributed by atoms with Crippen molar-refractivity contribution in [3.8, 4) is 0 Å². The minimum Gasteiger partial charge on any atom is -0.473 e. The van der Waals surface area contributed by atoms with Crippen LogP contribution < -0.4 is 0 Å². The number of hydrogen-bond acceptors (Lipinski definition) is 2. The molecule has 2 nitrogen and oxygen atoms in total. The van der Waals surface area contributed by atoms with Gasteiger partial charge in [-0.05, 0) is 17.2 Å². The molecule has 0 aromatic heterocycles. The minimum atomic E-state index is -0.776. The van der Waals surface area contributed by atoms with Gasteiger partial charge in [-0.15, -0.1) is 0 Å². The average molecular weight is 162 g/mol. The van der Waals surface area contributed by atoms with Gasteiger partial charge < -0.3 is 5.11 Å². The van der Waals surface area contributed by atoms with Gasteiger partial charge in [-0.25, -0.2) is 4.79 Å². The van der Waals surface area contributed by atoms with Gasteiger partial charge in [0.05, 0.1) is 0 Å². The second-order valence-corrected chi connectivity index (χ2v) is 4.00. The summed E-state index contributed by atoms with van der Waals surface area (Å²) in [5.41, 5.74) is 0.156. The van der Waals surface area contributed by atoms with Crippen LogP contribution in [0, 0.1) is 5.41 Å². The number of carbonyl (C=O) groups is 1. The summed E-state index contributed by atoms with van der Waals surface area (Å²) < 4.78 is 0. The van der Waals surface area contributed by atoms with E-state index in [4.69, 9.17) is 5.11 Å². The molecule has 0 aliphatic heterocycles. The van der Waals surface area contributed by atoms with Gasteiger partial charge in [0, 0.05) is 5.75 Å². The van der Waals surface area contributed by atoms with Gasteiger partial charge >= 0.3 is 5.30 Å². The monoisotopic (exact) mass is 162 g/mol. The van der Waals surface area contributed by atoms with E-state index in [2.05, 4.69) is 20.8 Å². The van der Waals surface area contributed by atoms with Crippen LogP contribution in [0.4, 0.5) is 4.79 Å². The number of carboxylic acid groups (broad SMARTS) is 1. The Balaban J connectivity index is 3.56. The van der Waals surface area contributed by atoms with Crippen molar-refractivity contribution in [2.75, 3.05) is 5.75 Å². The Bertz CT molecular complexity index is 121. The molecule has 0 atom stereocenters. The highest BCUT2D eigenvalue weighted by molar-refractivity contribution is 8.13. The Morgan fingerprint density at radius 3 is 2.40 bits per heavy atom. The van der Waals surface area contributed by atoms with Gasteiger partial charge in [-0.2, -0.15) is 0 Å². The standard InChI is InChI=1S/C7H14O2S/c1-4-7(2,3)5-10-6(8)9/h4-5H2,1-3H3,(H,8,9). The first-order valence-corrected chi connectivity index (χ1v) is 4.32. The van der Waals surface area contributed by atoms with Crippen LogP contribution in [0.5, 0.6) is 0 Å². The highest BCUT2D eigenvalue weighted by Gasteiger charge is 2.16. The second kappa shape index (κ2) is 3.86. The molecule has 0 saturated heterocycles. The van der Waals surface area contributed by atoms with E-state index in [1.54, 1.807) is 0 Å². The molecule has 0 saturated carbocycles. The minimum absolute atomic E-state index is 0.156. The maximum absolute atomic E-state index is 10.1. The van der Waals surface area contributed by atoms with Crippen molar-refractivity contribution in [1.82, 2.24) is 0 Å². The lowest BCUT2D eigenvalue weighted by Gasteiger charge is -2.19. The molecule has 0 amide bonds. The summed E-state index contributed by atoms with van der Waals surface area (Å²) in [6, 6.07) is 0. The average Bonchev–Trinajstić information content (AvgIpc) is 1.85. The molecule has 60 valence electrons. The van der Waals surface area contributed by atoms with Crippen LogP contribution in [0.3, 0.4) is 0 Å². The number of hydrogen-bond donors (Lipinski definition) is 1. The normalized spacial score (nSPS) is 11.5. The van der Waals surface area contributed by atoms with Gasteiger partial charge in [0.2, 0.25) is 0 Å². The predicted molar refractivity (Wildman–Crippen MR) is 44.6 cm³/mol. The van der Waals surface area contributed by atoms with Crippen molar-refractivity contribution in [1.29, 1.82) is 0 Å². The van der Waals surface area contributed by atoms with E-state index in [1.165, 1.54) is 0 Å². The van der Waals surface area contributed by atoms with Crippen molar-refractivity contribution in [2.24, 2.45) is 5.41 Å². The lowest BCUT2D eigenvalue weighted by Crippen LogP contribution is -2.13. The van der Waals surface area contributed by atoms with Gasteiger partial charge in [0.25, 0.3) is 0 Å². The molecule has 0 aromatic rings. The Kier molecular flexibility index (Phi) is 3.79. The molecule has 0 heterocycles. The summed E-state index contributed by atoms with van der Waals surface area (Å²) in [5.74, 6) is 0.693. The molecule has 0 bridgehead atoms. The maximum atomic E-state index is 10.1.